The average Bonchev–Trinajstić information content (AvgIpc) is 2.72. The van der Waals surface area contributed by atoms with E-state index in [-0.39, 0.29) is 5.91 Å². The van der Waals surface area contributed by atoms with Crippen LogP contribution in [0.2, 0.25) is 0 Å². The third-order valence-corrected chi connectivity index (χ3v) is 4.21. The molecule has 0 unspecified atom stereocenters. The fraction of sp³-hybridized carbons (Fsp3) is 0.182. The Balaban J connectivity index is 1.66. The minimum Gasteiger partial charge on any atom is -0.493 e. The zero-order chi connectivity index (χ0) is 19.9. The second-order valence-corrected chi connectivity index (χ2v) is 6.33. The minimum absolute atomic E-state index is 0.199. The lowest BCUT2D eigenvalue weighted by Gasteiger charge is -2.11. The third-order valence-electron chi connectivity index (χ3n) is 4.21. The lowest BCUT2D eigenvalue weighted by atomic mass is 10.2. The molecule has 1 amide bonds. The van der Waals surface area contributed by atoms with E-state index in [1.54, 1.807) is 32.7 Å². The SMILES string of the molecule is COc1ccc(CNC(=O)c2cncc(Nc3cccc(C)c3)c2)cc1OC. The predicted octanol–water partition coefficient (Wildman–Crippen LogP) is 4.08. The summed E-state index contributed by atoms with van der Waals surface area (Å²) in [5.41, 5.74) is 4.25. The minimum atomic E-state index is -0.199. The van der Waals surface area contributed by atoms with Gasteiger partial charge in [0.2, 0.25) is 0 Å². The molecule has 3 aromatic rings. The summed E-state index contributed by atoms with van der Waals surface area (Å²) in [6.07, 6.45) is 3.23. The zero-order valence-corrected chi connectivity index (χ0v) is 16.2. The van der Waals surface area contributed by atoms with Gasteiger partial charge in [0.05, 0.1) is 31.7 Å². The van der Waals surface area contributed by atoms with Gasteiger partial charge in [-0.05, 0) is 48.4 Å². The molecule has 0 atom stereocenters. The third kappa shape index (κ3) is 4.79. The molecule has 6 nitrogen and oxygen atoms in total. The van der Waals surface area contributed by atoms with Gasteiger partial charge in [0.15, 0.2) is 11.5 Å². The van der Waals surface area contributed by atoms with Crippen LogP contribution in [-0.2, 0) is 6.54 Å². The zero-order valence-electron chi connectivity index (χ0n) is 16.2. The van der Waals surface area contributed by atoms with Crippen LogP contribution >= 0.6 is 0 Å². The topological polar surface area (TPSA) is 72.5 Å². The van der Waals surface area contributed by atoms with Crippen molar-refractivity contribution in [2.24, 2.45) is 0 Å². The van der Waals surface area contributed by atoms with Gasteiger partial charge in [0.1, 0.15) is 0 Å². The number of hydrogen-bond donors (Lipinski definition) is 2. The summed E-state index contributed by atoms with van der Waals surface area (Å²) in [6, 6.07) is 15.3. The van der Waals surface area contributed by atoms with Crippen LogP contribution in [0.4, 0.5) is 11.4 Å². The van der Waals surface area contributed by atoms with Crippen molar-refractivity contribution in [3.63, 3.8) is 0 Å². The van der Waals surface area contributed by atoms with E-state index < -0.39 is 0 Å². The van der Waals surface area contributed by atoms with Gasteiger partial charge < -0.3 is 20.1 Å². The molecular formula is C22H23N3O3. The second kappa shape index (κ2) is 8.90. The predicted molar refractivity (Wildman–Crippen MR) is 109 cm³/mol. The number of carbonyl (C=O) groups is 1. The molecule has 0 aliphatic heterocycles. The van der Waals surface area contributed by atoms with Crippen molar-refractivity contribution in [3.05, 3.63) is 77.6 Å². The van der Waals surface area contributed by atoms with Crippen molar-refractivity contribution >= 4 is 17.3 Å². The van der Waals surface area contributed by atoms with Gasteiger partial charge >= 0.3 is 0 Å². The molecule has 2 N–H and O–H groups in total. The van der Waals surface area contributed by atoms with Crippen LogP contribution in [0, 0.1) is 6.92 Å². The Labute approximate surface area is 164 Å². The number of rotatable bonds is 7. The number of hydrogen-bond acceptors (Lipinski definition) is 5. The number of amides is 1. The van der Waals surface area contributed by atoms with Crippen molar-refractivity contribution in [3.8, 4) is 11.5 Å². The van der Waals surface area contributed by atoms with E-state index in [0.717, 1.165) is 22.5 Å². The van der Waals surface area contributed by atoms with Crippen LogP contribution in [0.5, 0.6) is 11.5 Å². The lowest BCUT2D eigenvalue weighted by molar-refractivity contribution is 0.0950. The van der Waals surface area contributed by atoms with Gasteiger partial charge in [-0.3, -0.25) is 9.78 Å². The molecule has 144 valence electrons. The molecule has 0 bridgehead atoms. The normalized spacial score (nSPS) is 10.2. The Morgan fingerprint density at radius 2 is 1.79 bits per heavy atom. The summed E-state index contributed by atoms with van der Waals surface area (Å²) in [6.45, 7) is 2.40. The molecule has 0 spiro atoms. The molecule has 2 aromatic carbocycles. The van der Waals surface area contributed by atoms with Crippen molar-refractivity contribution in [1.29, 1.82) is 0 Å². The van der Waals surface area contributed by atoms with E-state index in [9.17, 15) is 4.79 Å². The molecule has 0 saturated heterocycles. The fourth-order valence-electron chi connectivity index (χ4n) is 2.80. The summed E-state index contributed by atoms with van der Waals surface area (Å²) in [5, 5.41) is 6.17. The molecular weight excluding hydrogens is 354 g/mol. The molecule has 0 fully saturated rings. The number of carbonyl (C=O) groups excluding carboxylic acids is 1. The Morgan fingerprint density at radius 1 is 0.964 bits per heavy atom. The molecule has 3 rings (SSSR count). The highest BCUT2D eigenvalue weighted by Crippen LogP contribution is 2.27. The first-order valence-corrected chi connectivity index (χ1v) is 8.87. The average molecular weight is 377 g/mol. The van der Waals surface area contributed by atoms with Crippen LogP contribution < -0.4 is 20.1 Å². The highest BCUT2D eigenvalue weighted by Gasteiger charge is 2.09. The van der Waals surface area contributed by atoms with E-state index in [0.29, 0.717) is 23.6 Å². The van der Waals surface area contributed by atoms with Gasteiger partial charge in [-0.2, -0.15) is 0 Å². The standard InChI is InChI=1S/C22H23N3O3/c1-15-5-4-6-18(9-15)25-19-11-17(13-23-14-19)22(26)24-12-16-7-8-20(27-2)21(10-16)28-3/h4-11,13-14,25H,12H2,1-3H3,(H,24,26). The Bertz CT molecular complexity index is 973. The number of nitrogens with one attached hydrogen (secondary N) is 2. The Kier molecular flexibility index (Phi) is 6.11. The smallest absolute Gasteiger partial charge is 0.253 e. The summed E-state index contributed by atoms with van der Waals surface area (Å²) >= 11 is 0. The van der Waals surface area contributed by atoms with Crippen LogP contribution in [0.25, 0.3) is 0 Å². The summed E-state index contributed by atoms with van der Waals surface area (Å²) in [7, 11) is 3.17. The number of ether oxygens (including phenoxy) is 2. The van der Waals surface area contributed by atoms with E-state index in [1.165, 1.54) is 0 Å². The largest absolute Gasteiger partial charge is 0.493 e. The highest BCUT2D eigenvalue weighted by molar-refractivity contribution is 5.94. The second-order valence-electron chi connectivity index (χ2n) is 6.33. The maximum Gasteiger partial charge on any atom is 0.253 e. The van der Waals surface area contributed by atoms with Crippen LogP contribution in [0.3, 0.4) is 0 Å². The Hall–Kier alpha value is -3.54. The molecule has 0 aliphatic rings. The van der Waals surface area contributed by atoms with Gasteiger partial charge in [-0.25, -0.2) is 0 Å². The maximum atomic E-state index is 12.5. The Morgan fingerprint density at radius 3 is 2.54 bits per heavy atom. The number of anilines is 2. The van der Waals surface area contributed by atoms with Crippen molar-refractivity contribution in [2.75, 3.05) is 19.5 Å². The van der Waals surface area contributed by atoms with Gasteiger partial charge in [0.25, 0.3) is 5.91 Å². The number of aryl methyl sites for hydroxylation is 1. The number of pyridine rings is 1. The van der Waals surface area contributed by atoms with Crippen molar-refractivity contribution < 1.29 is 14.3 Å². The van der Waals surface area contributed by atoms with Crippen LogP contribution in [0.1, 0.15) is 21.5 Å². The van der Waals surface area contributed by atoms with Crippen molar-refractivity contribution in [2.45, 2.75) is 13.5 Å². The molecule has 28 heavy (non-hydrogen) atoms. The monoisotopic (exact) mass is 377 g/mol. The lowest BCUT2D eigenvalue weighted by Crippen LogP contribution is -2.23. The molecule has 0 saturated carbocycles. The summed E-state index contributed by atoms with van der Waals surface area (Å²) < 4.78 is 10.5. The molecule has 1 heterocycles. The number of benzene rings is 2. The first-order valence-electron chi connectivity index (χ1n) is 8.87. The number of nitrogens with zero attached hydrogens (tertiary/aromatic N) is 1. The van der Waals surface area contributed by atoms with Gasteiger partial charge in [-0.1, -0.05) is 18.2 Å². The first-order chi connectivity index (χ1) is 13.6. The van der Waals surface area contributed by atoms with Gasteiger partial charge in [-0.15, -0.1) is 0 Å². The fourth-order valence-corrected chi connectivity index (χ4v) is 2.80. The van der Waals surface area contributed by atoms with Crippen LogP contribution in [-0.4, -0.2) is 25.1 Å². The maximum absolute atomic E-state index is 12.5. The van der Waals surface area contributed by atoms with E-state index >= 15 is 0 Å². The van der Waals surface area contributed by atoms with Crippen LogP contribution in [0.15, 0.2) is 60.9 Å². The number of aromatic nitrogens is 1. The quantitative estimate of drug-likeness (QED) is 0.649. The highest BCUT2D eigenvalue weighted by atomic mass is 16.5. The number of methoxy groups -OCH3 is 2. The van der Waals surface area contributed by atoms with Crippen molar-refractivity contribution in [1.82, 2.24) is 10.3 Å². The van der Waals surface area contributed by atoms with E-state index in [2.05, 4.69) is 15.6 Å². The molecule has 0 aliphatic carbocycles. The molecule has 6 heteroatoms. The molecule has 0 radical (unpaired) electrons. The van der Waals surface area contributed by atoms with E-state index in [4.69, 9.17) is 9.47 Å². The summed E-state index contributed by atoms with van der Waals surface area (Å²) in [5.74, 6) is 1.08. The first kappa shape index (κ1) is 19.2. The molecule has 1 aromatic heterocycles. The van der Waals surface area contributed by atoms with Gasteiger partial charge in [0, 0.05) is 18.4 Å². The van der Waals surface area contributed by atoms with E-state index in [1.807, 2.05) is 49.4 Å². The summed E-state index contributed by atoms with van der Waals surface area (Å²) in [4.78, 5) is 16.7.